The Hall–Kier alpha value is -2.88. The third kappa shape index (κ3) is 5.60. The maximum atomic E-state index is 13.2. The number of amides is 3. The molecule has 0 saturated heterocycles. The summed E-state index contributed by atoms with van der Waals surface area (Å²) in [6, 6.07) is 18.2. The van der Waals surface area contributed by atoms with E-state index in [2.05, 4.69) is 26.6 Å². The first kappa shape index (κ1) is 24.3. The maximum absolute atomic E-state index is 13.2. The minimum absolute atomic E-state index is 0.141. The molecule has 0 spiro atoms. The Morgan fingerprint density at radius 3 is 2.47 bits per heavy atom. The largest absolute Gasteiger partial charge is 0.350 e. The third-order valence-electron chi connectivity index (χ3n) is 4.84. The van der Waals surface area contributed by atoms with Crippen molar-refractivity contribution in [1.82, 2.24) is 4.90 Å². The number of halogens is 1. The van der Waals surface area contributed by atoms with Crippen molar-refractivity contribution < 1.29 is 14.4 Å². The topological polar surface area (TPSA) is 78.5 Å². The van der Waals surface area contributed by atoms with Crippen molar-refractivity contribution in [1.29, 1.82) is 0 Å². The quantitative estimate of drug-likeness (QED) is 0.323. The van der Waals surface area contributed by atoms with Crippen LogP contribution in [-0.4, -0.2) is 29.2 Å². The van der Waals surface area contributed by atoms with Crippen LogP contribution in [0.4, 0.5) is 11.4 Å². The molecule has 6 nitrogen and oxygen atoms in total. The Balaban J connectivity index is 1.61. The van der Waals surface area contributed by atoms with Gasteiger partial charge in [-0.25, -0.2) is 0 Å². The van der Waals surface area contributed by atoms with Crippen molar-refractivity contribution in [2.24, 2.45) is 5.92 Å². The number of benzene rings is 2. The van der Waals surface area contributed by atoms with Crippen molar-refractivity contribution in [2.45, 2.75) is 18.7 Å². The Bertz CT molecular complexity index is 1250. The number of hydrogen-bond acceptors (Lipinski definition) is 6. The number of anilines is 2. The van der Waals surface area contributed by atoms with Gasteiger partial charge in [0, 0.05) is 27.3 Å². The molecule has 2 aromatic carbocycles. The Kier molecular flexibility index (Phi) is 7.55. The van der Waals surface area contributed by atoms with Crippen molar-refractivity contribution >= 4 is 68.1 Å². The average Bonchev–Trinajstić information content (AvgIpc) is 3.41. The lowest BCUT2D eigenvalue weighted by Crippen LogP contribution is -2.35. The van der Waals surface area contributed by atoms with Crippen LogP contribution in [0.2, 0.25) is 0 Å². The minimum atomic E-state index is -0.341. The van der Waals surface area contributed by atoms with Crippen molar-refractivity contribution in [3.63, 3.8) is 0 Å². The van der Waals surface area contributed by atoms with Crippen LogP contribution < -0.4 is 10.6 Å². The minimum Gasteiger partial charge on any atom is -0.350 e. The van der Waals surface area contributed by atoms with E-state index in [0.717, 1.165) is 9.37 Å². The van der Waals surface area contributed by atoms with Crippen molar-refractivity contribution in [3.05, 3.63) is 86.0 Å². The summed E-state index contributed by atoms with van der Waals surface area (Å²) in [5.74, 6) is -0.714. The highest BCUT2D eigenvalue weighted by Crippen LogP contribution is 2.37. The molecule has 3 amide bonds. The van der Waals surface area contributed by atoms with Gasteiger partial charge in [0.2, 0.25) is 0 Å². The average molecular weight is 557 g/mol. The number of hydrogen-bond donors (Lipinski definition) is 2. The fraction of sp³-hybridized carbons (Fsp3) is 0.160. The number of thiophene rings is 1. The predicted molar refractivity (Wildman–Crippen MR) is 141 cm³/mol. The molecule has 0 unspecified atom stereocenters. The van der Waals surface area contributed by atoms with Crippen molar-refractivity contribution in [3.8, 4) is 0 Å². The fourth-order valence-electron chi connectivity index (χ4n) is 3.32. The molecule has 2 heterocycles. The second-order valence-electron chi connectivity index (χ2n) is 8.01. The molecular weight excluding hydrogens is 534 g/mol. The lowest BCUT2D eigenvalue weighted by Gasteiger charge is -2.17. The third-order valence-corrected chi connectivity index (χ3v) is 7.31. The van der Waals surface area contributed by atoms with Crippen LogP contribution >= 0.6 is 39.0 Å². The number of imide groups is 1. The highest BCUT2D eigenvalue weighted by atomic mass is 79.9. The standard InChI is InChI=1S/C25H22BrN3O3S2/c1-15(2)14-29-24(31)21(27-17-10-8-16(26)9-11-17)22(25(29)32)34-19-6-3-5-18(13-19)28-23(30)20-7-4-12-33-20/h3-13,15,27H,14H2,1-2H3,(H,28,30). The summed E-state index contributed by atoms with van der Waals surface area (Å²) in [7, 11) is 0. The Morgan fingerprint density at radius 1 is 1.03 bits per heavy atom. The molecule has 0 fully saturated rings. The number of nitrogens with one attached hydrogen (secondary N) is 2. The highest BCUT2D eigenvalue weighted by molar-refractivity contribution is 9.10. The van der Waals surface area contributed by atoms with E-state index < -0.39 is 0 Å². The molecule has 3 aromatic rings. The number of carbonyl (C=O) groups is 3. The Morgan fingerprint density at radius 2 is 1.79 bits per heavy atom. The molecule has 34 heavy (non-hydrogen) atoms. The van der Waals surface area contributed by atoms with E-state index >= 15 is 0 Å². The zero-order valence-electron chi connectivity index (χ0n) is 18.5. The zero-order valence-corrected chi connectivity index (χ0v) is 21.7. The van der Waals surface area contributed by atoms with Gasteiger partial charge in [-0.15, -0.1) is 11.3 Å². The number of nitrogens with zero attached hydrogens (tertiary/aromatic N) is 1. The first-order chi connectivity index (χ1) is 16.3. The van der Waals surface area contributed by atoms with Crippen LogP contribution in [0.25, 0.3) is 0 Å². The summed E-state index contributed by atoms with van der Waals surface area (Å²) in [6.45, 7) is 4.27. The van der Waals surface area contributed by atoms with Gasteiger partial charge in [0.15, 0.2) is 0 Å². The molecule has 0 bridgehead atoms. The van der Waals surface area contributed by atoms with Crippen LogP contribution in [-0.2, 0) is 9.59 Å². The SMILES string of the molecule is CC(C)CN1C(=O)C(Nc2ccc(Br)cc2)=C(Sc2cccc(NC(=O)c3cccs3)c2)C1=O. The lowest BCUT2D eigenvalue weighted by molar-refractivity contribution is -0.137. The van der Waals surface area contributed by atoms with Crippen LogP contribution in [0.1, 0.15) is 23.5 Å². The van der Waals surface area contributed by atoms with Gasteiger partial charge in [0.05, 0.1) is 4.88 Å². The van der Waals surface area contributed by atoms with Gasteiger partial charge in [-0.1, -0.05) is 53.7 Å². The van der Waals surface area contributed by atoms with Gasteiger partial charge >= 0.3 is 0 Å². The van der Waals surface area contributed by atoms with E-state index in [1.165, 1.54) is 28.0 Å². The molecule has 174 valence electrons. The summed E-state index contributed by atoms with van der Waals surface area (Å²) in [5, 5.41) is 7.87. The number of rotatable bonds is 8. The molecule has 0 radical (unpaired) electrons. The van der Waals surface area contributed by atoms with E-state index in [1.54, 1.807) is 18.2 Å². The molecule has 0 saturated carbocycles. The van der Waals surface area contributed by atoms with E-state index in [9.17, 15) is 14.4 Å². The molecule has 9 heteroatoms. The Labute approximate surface area is 214 Å². The van der Waals surface area contributed by atoms with Gasteiger partial charge in [-0.3, -0.25) is 19.3 Å². The summed E-state index contributed by atoms with van der Waals surface area (Å²) in [5.41, 5.74) is 1.58. The van der Waals surface area contributed by atoms with Crippen LogP contribution in [0.3, 0.4) is 0 Å². The van der Waals surface area contributed by atoms with E-state index in [1.807, 2.05) is 61.7 Å². The molecule has 0 aliphatic carbocycles. The maximum Gasteiger partial charge on any atom is 0.278 e. The predicted octanol–water partition coefficient (Wildman–Crippen LogP) is 6.20. The number of thioether (sulfide) groups is 1. The van der Waals surface area contributed by atoms with Gasteiger partial charge in [0.25, 0.3) is 17.7 Å². The molecule has 4 rings (SSSR count). The van der Waals surface area contributed by atoms with E-state index in [-0.39, 0.29) is 29.3 Å². The van der Waals surface area contributed by atoms with Crippen LogP contribution in [0, 0.1) is 5.92 Å². The highest BCUT2D eigenvalue weighted by Gasteiger charge is 2.39. The fourth-order valence-corrected chi connectivity index (χ4v) is 5.21. The first-order valence-corrected chi connectivity index (χ1v) is 13.1. The van der Waals surface area contributed by atoms with Gasteiger partial charge in [0.1, 0.15) is 10.6 Å². The van der Waals surface area contributed by atoms with Gasteiger partial charge in [-0.2, -0.15) is 0 Å². The molecular formula is C25H22BrN3O3S2. The summed E-state index contributed by atoms with van der Waals surface area (Å²) >= 11 is 5.98. The summed E-state index contributed by atoms with van der Waals surface area (Å²) in [6.07, 6.45) is 0. The number of carbonyl (C=O) groups excluding carboxylic acids is 3. The van der Waals surface area contributed by atoms with Crippen molar-refractivity contribution in [2.75, 3.05) is 17.2 Å². The van der Waals surface area contributed by atoms with Gasteiger partial charge < -0.3 is 10.6 Å². The molecule has 1 aliphatic rings. The van der Waals surface area contributed by atoms with Gasteiger partial charge in [-0.05, 0) is 59.8 Å². The molecule has 1 aliphatic heterocycles. The molecule has 1 aromatic heterocycles. The second kappa shape index (κ2) is 10.6. The monoisotopic (exact) mass is 555 g/mol. The van der Waals surface area contributed by atoms with Crippen LogP contribution in [0.5, 0.6) is 0 Å². The molecule has 0 atom stereocenters. The summed E-state index contributed by atoms with van der Waals surface area (Å²) in [4.78, 5) is 41.8. The molecule has 2 N–H and O–H groups in total. The van der Waals surface area contributed by atoms with E-state index in [0.29, 0.717) is 27.7 Å². The normalized spacial score (nSPS) is 13.7. The van der Waals surface area contributed by atoms with E-state index in [4.69, 9.17) is 0 Å². The van der Waals surface area contributed by atoms with Crippen LogP contribution in [0.15, 0.2) is 86.0 Å². The lowest BCUT2D eigenvalue weighted by atomic mass is 10.2. The smallest absolute Gasteiger partial charge is 0.278 e. The first-order valence-electron chi connectivity index (χ1n) is 10.6. The summed E-state index contributed by atoms with van der Waals surface area (Å²) < 4.78 is 0.915. The second-order valence-corrected chi connectivity index (χ2v) is 11.0. The zero-order chi connectivity index (χ0) is 24.2.